The van der Waals surface area contributed by atoms with Gasteiger partial charge in [0.15, 0.2) is 0 Å². The first-order valence-corrected chi connectivity index (χ1v) is 6.46. The molecule has 4 heteroatoms. The Balaban J connectivity index is 2.78. The fourth-order valence-electron chi connectivity index (χ4n) is 1.63. The van der Waals surface area contributed by atoms with E-state index in [9.17, 15) is 4.79 Å². The second-order valence-electron chi connectivity index (χ2n) is 4.14. The number of ether oxygens (including phenoxy) is 1. The standard InChI is InChI=1S/C14H22N2O2/c1-3-9-16(14(17)18-10-4-2)13-7-5-12(11-15)6-8-13/h5-8H,3-4,9-11,15H2,1-2H3. The highest BCUT2D eigenvalue weighted by atomic mass is 16.6. The molecule has 18 heavy (non-hydrogen) atoms. The predicted molar refractivity (Wildman–Crippen MR) is 73.6 cm³/mol. The summed E-state index contributed by atoms with van der Waals surface area (Å²) in [5.41, 5.74) is 7.46. The summed E-state index contributed by atoms with van der Waals surface area (Å²) in [6.45, 7) is 5.64. The molecule has 0 fully saturated rings. The maximum atomic E-state index is 11.9. The summed E-state index contributed by atoms with van der Waals surface area (Å²) >= 11 is 0. The molecular weight excluding hydrogens is 228 g/mol. The Hall–Kier alpha value is -1.55. The highest BCUT2D eigenvalue weighted by molar-refractivity contribution is 5.87. The van der Waals surface area contributed by atoms with Crippen LogP contribution < -0.4 is 10.6 Å². The van der Waals surface area contributed by atoms with Crippen LogP contribution in [-0.2, 0) is 11.3 Å². The van der Waals surface area contributed by atoms with Crippen molar-refractivity contribution in [2.75, 3.05) is 18.1 Å². The van der Waals surface area contributed by atoms with Gasteiger partial charge in [-0.25, -0.2) is 4.79 Å². The zero-order valence-corrected chi connectivity index (χ0v) is 11.2. The average molecular weight is 250 g/mol. The molecule has 1 rings (SSSR count). The first-order valence-electron chi connectivity index (χ1n) is 6.46. The van der Waals surface area contributed by atoms with E-state index in [1.165, 1.54) is 0 Å². The predicted octanol–water partition coefficient (Wildman–Crippen LogP) is 2.91. The summed E-state index contributed by atoms with van der Waals surface area (Å²) in [5, 5.41) is 0. The van der Waals surface area contributed by atoms with E-state index in [-0.39, 0.29) is 6.09 Å². The van der Waals surface area contributed by atoms with Crippen molar-refractivity contribution in [3.05, 3.63) is 29.8 Å². The van der Waals surface area contributed by atoms with Crippen LogP contribution in [0.4, 0.5) is 10.5 Å². The van der Waals surface area contributed by atoms with Crippen molar-refractivity contribution in [1.82, 2.24) is 0 Å². The van der Waals surface area contributed by atoms with Crippen LogP contribution in [0.2, 0.25) is 0 Å². The largest absolute Gasteiger partial charge is 0.449 e. The number of nitrogens with zero attached hydrogens (tertiary/aromatic N) is 1. The molecule has 1 aromatic rings. The number of hydrogen-bond acceptors (Lipinski definition) is 3. The topological polar surface area (TPSA) is 55.6 Å². The highest BCUT2D eigenvalue weighted by Gasteiger charge is 2.15. The monoisotopic (exact) mass is 250 g/mol. The lowest BCUT2D eigenvalue weighted by Gasteiger charge is -2.21. The summed E-state index contributed by atoms with van der Waals surface area (Å²) in [5.74, 6) is 0. The van der Waals surface area contributed by atoms with Crippen LogP contribution in [-0.4, -0.2) is 19.2 Å². The van der Waals surface area contributed by atoms with E-state index < -0.39 is 0 Å². The molecule has 0 bridgehead atoms. The van der Waals surface area contributed by atoms with Gasteiger partial charge >= 0.3 is 6.09 Å². The minimum Gasteiger partial charge on any atom is -0.449 e. The van der Waals surface area contributed by atoms with Gasteiger partial charge in [0.05, 0.1) is 6.61 Å². The second-order valence-corrected chi connectivity index (χ2v) is 4.14. The lowest BCUT2D eigenvalue weighted by atomic mass is 10.2. The number of benzene rings is 1. The van der Waals surface area contributed by atoms with Gasteiger partial charge in [0.2, 0.25) is 0 Å². The summed E-state index contributed by atoms with van der Waals surface area (Å²) in [6.07, 6.45) is 1.44. The van der Waals surface area contributed by atoms with Gasteiger partial charge in [0.1, 0.15) is 0 Å². The quantitative estimate of drug-likeness (QED) is 0.844. The number of carbonyl (C=O) groups is 1. The fraction of sp³-hybridized carbons (Fsp3) is 0.500. The second kappa shape index (κ2) is 7.71. The number of anilines is 1. The molecule has 0 spiro atoms. The summed E-state index contributed by atoms with van der Waals surface area (Å²) < 4.78 is 5.18. The van der Waals surface area contributed by atoms with Gasteiger partial charge in [-0.3, -0.25) is 4.90 Å². The van der Waals surface area contributed by atoms with E-state index in [1.54, 1.807) is 4.90 Å². The molecule has 0 saturated carbocycles. The number of nitrogens with two attached hydrogens (primary N) is 1. The highest BCUT2D eigenvalue weighted by Crippen LogP contribution is 2.17. The van der Waals surface area contributed by atoms with E-state index in [0.717, 1.165) is 24.1 Å². The number of carbonyl (C=O) groups excluding carboxylic acids is 1. The van der Waals surface area contributed by atoms with Gasteiger partial charge in [-0.1, -0.05) is 26.0 Å². The first kappa shape index (κ1) is 14.5. The number of amides is 1. The molecule has 100 valence electrons. The van der Waals surface area contributed by atoms with Gasteiger partial charge in [0, 0.05) is 18.8 Å². The third-order valence-electron chi connectivity index (χ3n) is 2.58. The van der Waals surface area contributed by atoms with Crippen LogP contribution in [0.15, 0.2) is 24.3 Å². The van der Waals surface area contributed by atoms with Gasteiger partial charge in [-0.05, 0) is 30.5 Å². The Bertz CT molecular complexity index is 363. The molecule has 0 radical (unpaired) electrons. The van der Waals surface area contributed by atoms with Crippen LogP contribution in [0.5, 0.6) is 0 Å². The zero-order valence-electron chi connectivity index (χ0n) is 11.2. The Morgan fingerprint density at radius 2 is 1.89 bits per heavy atom. The van der Waals surface area contributed by atoms with Crippen LogP contribution in [0.1, 0.15) is 32.3 Å². The fourth-order valence-corrected chi connectivity index (χ4v) is 1.63. The van der Waals surface area contributed by atoms with Crippen LogP contribution in [0, 0.1) is 0 Å². The first-order chi connectivity index (χ1) is 8.72. The minimum atomic E-state index is -0.279. The van der Waals surface area contributed by atoms with Crippen molar-refractivity contribution in [1.29, 1.82) is 0 Å². The molecule has 0 heterocycles. The van der Waals surface area contributed by atoms with E-state index in [4.69, 9.17) is 10.5 Å². The zero-order chi connectivity index (χ0) is 13.4. The van der Waals surface area contributed by atoms with Crippen molar-refractivity contribution in [3.63, 3.8) is 0 Å². The van der Waals surface area contributed by atoms with Gasteiger partial charge < -0.3 is 10.5 Å². The molecule has 0 saturated heterocycles. The Labute approximate surface area is 109 Å². The summed E-state index contributed by atoms with van der Waals surface area (Å²) in [4.78, 5) is 13.6. The minimum absolute atomic E-state index is 0.279. The van der Waals surface area contributed by atoms with Crippen LogP contribution in [0.25, 0.3) is 0 Å². The normalized spacial score (nSPS) is 10.2. The third-order valence-corrected chi connectivity index (χ3v) is 2.58. The molecule has 0 aliphatic carbocycles. The van der Waals surface area contributed by atoms with Gasteiger partial charge in [-0.2, -0.15) is 0 Å². The van der Waals surface area contributed by atoms with Gasteiger partial charge in [-0.15, -0.1) is 0 Å². The Kier molecular flexibility index (Phi) is 6.22. The molecular formula is C14H22N2O2. The molecule has 0 atom stereocenters. The van der Waals surface area contributed by atoms with E-state index in [2.05, 4.69) is 0 Å². The van der Waals surface area contributed by atoms with E-state index >= 15 is 0 Å². The molecule has 1 aromatic carbocycles. The maximum absolute atomic E-state index is 11.9. The lowest BCUT2D eigenvalue weighted by molar-refractivity contribution is 0.153. The lowest BCUT2D eigenvalue weighted by Crippen LogP contribution is -2.32. The molecule has 0 aliphatic heterocycles. The maximum Gasteiger partial charge on any atom is 0.414 e. The van der Waals surface area contributed by atoms with E-state index in [1.807, 2.05) is 38.1 Å². The molecule has 1 amide bonds. The Morgan fingerprint density at radius 1 is 1.22 bits per heavy atom. The van der Waals surface area contributed by atoms with Crippen LogP contribution in [0.3, 0.4) is 0 Å². The SMILES string of the molecule is CCCOC(=O)N(CCC)c1ccc(CN)cc1. The molecule has 0 unspecified atom stereocenters. The summed E-state index contributed by atoms with van der Waals surface area (Å²) in [7, 11) is 0. The molecule has 4 nitrogen and oxygen atoms in total. The van der Waals surface area contributed by atoms with Crippen molar-refractivity contribution < 1.29 is 9.53 Å². The number of hydrogen-bond donors (Lipinski definition) is 1. The third kappa shape index (κ3) is 4.04. The van der Waals surface area contributed by atoms with Crippen molar-refractivity contribution in [2.45, 2.75) is 33.2 Å². The summed E-state index contributed by atoms with van der Waals surface area (Å²) in [6, 6.07) is 7.69. The van der Waals surface area contributed by atoms with Crippen molar-refractivity contribution >= 4 is 11.8 Å². The van der Waals surface area contributed by atoms with E-state index in [0.29, 0.717) is 19.7 Å². The molecule has 0 aromatic heterocycles. The van der Waals surface area contributed by atoms with Crippen molar-refractivity contribution in [2.24, 2.45) is 5.73 Å². The van der Waals surface area contributed by atoms with Gasteiger partial charge in [0.25, 0.3) is 0 Å². The molecule has 2 N–H and O–H groups in total. The molecule has 0 aliphatic rings. The van der Waals surface area contributed by atoms with Crippen molar-refractivity contribution in [3.8, 4) is 0 Å². The smallest absolute Gasteiger partial charge is 0.414 e. The Morgan fingerprint density at radius 3 is 2.39 bits per heavy atom. The number of rotatable bonds is 6. The van der Waals surface area contributed by atoms with Crippen LogP contribution >= 0.6 is 0 Å². The average Bonchev–Trinajstić information content (AvgIpc) is 2.42.